The van der Waals surface area contributed by atoms with Crippen molar-refractivity contribution >= 4 is 11.8 Å². The van der Waals surface area contributed by atoms with Gasteiger partial charge in [0.05, 0.1) is 0 Å². The summed E-state index contributed by atoms with van der Waals surface area (Å²) in [5, 5.41) is 0.749. The van der Waals surface area contributed by atoms with Crippen LogP contribution in [0.2, 0.25) is 0 Å². The SMILES string of the molecule is c1c[nH]c(C2CCCCS2)c1. The van der Waals surface area contributed by atoms with Crippen molar-refractivity contribution in [2.75, 3.05) is 5.75 Å². The maximum absolute atomic E-state index is 3.29. The summed E-state index contributed by atoms with van der Waals surface area (Å²) in [4.78, 5) is 3.29. The number of H-pyrrole nitrogens is 1. The maximum Gasteiger partial charge on any atom is 0.0448 e. The van der Waals surface area contributed by atoms with Crippen LogP contribution in [-0.2, 0) is 0 Å². The number of nitrogens with one attached hydrogen (secondary N) is 1. The summed E-state index contributed by atoms with van der Waals surface area (Å²) < 4.78 is 0. The van der Waals surface area contributed by atoms with Crippen LogP contribution in [0.4, 0.5) is 0 Å². The molecular weight excluding hydrogens is 154 g/mol. The summed E-state index contributed by atoms with van der Waals surface area (Å²) in [6, 6.07) is 4.29. The van der Waals surface area contributed by atoms with Gasteiger partial charge in [0.2, 0.25) is 0 Å². The van der Waals surface area contributed by atoms with Crippen molar-refractivity contribution in [3.63, 3.8) is 0 Å². The number of aromatic nitrogens is 1. The predicted molar refractivity (Wildman–Crippen MR) is 49.8 cm³/mol. The first kappa shape index (κ1) is 7.29. The number of hydrogen-bond acceptors (Lipinski definition) is 1. The van der Waals surface area contributed by atoms with E-state index >= 15 is 0 Å². The fraction of sp³-hybridized carbons (Fsp3) is 0.556. The van der Waals surface area contributed by atoms with E-state index in [2.05, 4.69) is 28.9 Å². The average molecular weight is 167 g/mol. The number of rotatable bonds is 1. The number of thioether (sulfide) groups is 1. The Morgan fingerprint density at radius 1 is 1.45 bits per heavy atom. The molecule has 0 aromatic carbocycles. The van der Waals surface area contributed by atoms with E-state index in [1.54, 1.807) is 0 Å². The average Bonchev–Trinajstić information content (AvgIpc) is 2.58. The Morgan fingerprint density at radius 2 is 2.45 bits per heavy atom. The first-order valence-corrected chi connectivity index (χ1v) is 5.26. The van der Waals surface area contributed by atoms with Crippen LogP contribution in [0.15, 0.2) is 18.3 Å². The molecule has 1 atom stereocenters. The largest absolute Gasteiger partial charge is 0.364 e. The van der Waals surface area contributed by atoms with Crippen molar-refractivity contribution in [1.82, 2.24) is 4.98 Å². The molecule has 2 heteroatoms. The van der Waals surface area contributed by atoms with Gasteiger partial charge in [-0.05, 0) is 30.7 Å². The van der Waals surface area contributed by atoms with Crippen LogP contribution in [0.5, 0.6) is 0 Å². The van der Waals surface area contributed by atoms with Crippen molar-refractivity contribution in [2.45, 2.75) is 24.5 Å². The third kappa shape index (κ3) is 1.62. The van der Waals surface area contributed by atoms with E-state index in [-0.39, 0.29) is 0 Å². The van der Waals surface area contributed by atoms with E-state index in [9.17, 15) is 0 Å². The summed E-state index contributed by atoms with van der Waals surface area (Å²) >= 11 is 2.09. The molecule has 1 N–H and O–H groups in total. The van der Waals surface area contributed by atoms with Crippen molar-refractivity contribution in [1.29, 1.82) is 0 Å². The van der Waals surface area contributed by atoms with Crippen molar-refractivity contribution in [3.05, 3.63) is 24.0 Å². The minimum atomic E-state index is 0.749. The predicted octanol–water partition coefficient (Wildman–Crippen LogP) is 2.97. The minimum absolute atomic E-state index is 0.749. The third-order valence-electron chi connectivity index (χ3n) is 2.15. The van der Waals surface area contributed by atoms with E-state index in [0.29, 0.717) is 0 Å². The fourth-order valence-corrected chi connectivity index (χ4v) is 2.85. The lowest BCUT2D eigenvalue weighted by atomic mass is 10.1. The summed E-state index contributed by atoms with van der Waals surface area (Å²) in [5.74, 6) is 1.34. The van der Waals surface area contributed by atoms with Crippen LogP contribution in [0.1, 0.15) is 30.2 Å². The molecule has 1 aromatic heterocycles. The van der Waals surface area contributed by atoms with Gasteiger partial charge in [-0.2, -0.15) is 11.8 Å². The molecule has 60 valence electrons. The minimum Gasteiger partial charge on any atom is -0.364 e. The highest BCUT2D eigenvalue weighted by atomic mass is 32.2. The van der Waals surface area contributed by atoms with Crippen LogP contribution >= 0.6 is 11.8 Å². The third-order valence-corrected chi connectivity index (χ3v) is 3.56. The van der Waals surface area contributed by atoms with Crippen molar-refractivity contribution < 1.29 is 0 Å². The van der Waals surface area contributed by atoms with Crippen molar-refractivity contribution in [3.8, 4) is 0 Å². The lowest BCUT2D eigenvalue weighted by Gasteiger charge is -2.19. The second kappa shape index (κ2) is 3.35. The van der Waals surface area contributed by atoms with Gasteiger partial charge in [0, 0.05) is 17.1 Å². The van der Waals surface area contributed by atoms with Gasteiger partial charge in [-0.25, -0.2) is 0 Å². The molecule has 2 rings (SSSR count). The van der Waals surface area contributed by atoms with E-state index in [0.717, 1.165) is 5.25 Å². The van der Waals surface area contributed by atoms with Gasteiger partial charge in [-0.3, -0.25) is 0 Å². The van der Waals surface area contributed by atoms with Gasteiger partial charge in [0.25, 0.3) is 0 Å². The molecule has 11 heavy (non-hydrogen) atoms. The molecule has 0 saturated carbocycles. The van der Waals surface area contributed by atoms with E-state index in [1.165, 1.54) is 30.7 Å². The second-order valence-corrected chi connectivity index (χ2v) is 4.29. The van der Waals surface area contributed by atoms with Gasteiger partial charge in [-0.15, -0.1) is 0 Å². The van der Waals surface area contributed by atoms with Gasteiger partial charge in [-0.1, -0.05) is 6.42 Å². The number of hydrogen-bond donors (Lipinski definition) is 1. The molecule has 0 bridgehead atoms. The lowest BCUT2D eigenvalue weighted by molar-refractivity contribution is 0.678. The van der Waals surface area contributed by atoms with E-state index in [4.69, 9.17) is 0 Å². The molecule has 1 aromatic rings. The molecule has 1 unspecified atom stereocenters. The monoisotopic (exact) mass is 167 g/mol. The first-order chi connectivity index (χ1) is 5.47. The molecule has 1 aliphatic rings. The quantitative estimate of drug-likeness (QED) is 0.680. The van der Waals surface area contributed by atoms with Gasteiger partial charge < -0.3 is 4.98 Å². The zero-order valence-corrected chi connectivity index (χ0v) is 7.36. The Kier molecular flexibility index (Phi) is 2.22. The molecule has 2 heterocycles. The zero-order chi connectivity index (χ0) is 7.52. The van der Waals surface area contributed by atoms with Gasteiger partial charge in [0.1, 0.15) is 0 Å². The van der Waals surface area contributed by atoms with Crippen LogP contribution in [0.3, 0.4) is 0 Å². The highest BCUT2D eigenvalue weighted by Crippen LogP contribution is 2.37. The summed E-state index contributed by atoms with van der Waals surface area (Å²) in [6.07, 6.45) is 6.17. The zero-order valence-electron chi connectivity index (χ0n) is 6.55. The second-order valence-electron chi connectivity index (χ2n) is 2.98. The van der Waals surface area contributed by atoms with E-state index in [1.807, 2.05) is 6.20 Å². The normalized spacial score (nSPS) is 25.3. The van der Waals surface area contributed by atoms with E-state index < -0.39 is 0 Å². The van der Waals surface area contributed by atoms with Crippen LogP contribution in [0.25, 0.3) is 0 Å². The smallest absolute Gasteiger partial charge is 0.0448 e. The maximum atomic E-state index is 3.29. The molecule has 1 saturated heterocycles. The molecule has 1 aliphatic heterocycles. The Morgan fingerprint density at radius 3 is 3.09 bits per heavy atom. The fourth-order valence-electron chi connectivity index (χ4n) is 1.53. The standard InChI is InChI=1S/C9H13NS/c1-2-7-11-9(5-1)8-4-3-6-10-8/h3-4,6,9-10H,1-2,5,7H2. The van der Waals surface area contributed by atoms with Crippen LogP contribution in [0, 0.1) is 0 Å². The molecule has 1 fully saturated rings. The molecule has 0 spiro atoms. The molecule has 0 radical (unpaired) electrons. The van der Waals surface area contributed by atoms with Gasteiger partial charge in [0.15, 0.2) is 0 Å². The molecular formula is C9H13NS. The molecule has 1 nitrogen and oxygen atoms in total. The first-order valence-electron chi connectivity index (χ1n) is 4.22. The Hall–Kier alpha value is -0.370. The summed E-state index contributed by atoms with van der Waals surface area (Å²) in [6.45, 7) is 0. The summed E-state index contributed by atoms with van der Waals surface area (Å²) in [7, 11) is 0. The number of aromatic amines is 1. The summed E-state index contributed by atoms with van der Waals surface area (Å²) in [5.41, 5.74) is 1.41. The Labute approximate surface area is 71.6 Å². The molecule has 0 aliphatic carbocycles. The van der Waals surface area contributed by atoms with Gasteiger partial charge >= 0.3 is 0 Å². The van der Waals surface area contributed by atoms with Crippen LogP contribution in [-0.4, -0.2) is 10.7 Å². The van der Waals surface area contributed by atoms with Crippen molar-refractivity contribution in [2.24, 2.45) is 0 Å². The molecule has 0 amide bonds. The Bertz CT molecular complexity index is 199. The van der Waals surface area contributed by atoms with Crippen LogP contribution < -0.4 is 0 Å². The topological polar surface area (TPSA) is 15.8 Å². The lowest BCUT2D eigenvalue weighted by Crippen LogP contribution is -2.01. The highest BCUT2D eigenvalue weighted by molar-refractivity contribution is 7.99. The Balaban J connectivity index is 2.04. The highest BCUT2D eigenvalue weighted by Gasteiger charge is 2.15.